The van der Waals surface area contributed by atoms with Crippen LogP contribution in [0.25, 0.3) is 0 Å². The first kappa shape index (κ1) is 23.1. The topological polar surface area (TPSA) is 20.2 Å². The Kier molecular flexibility index (Phi) is 14.4. The third kappa shape index (κ3) is 12.4. The molecule has 0 bridgehead atoms. The molecule has 0 saturated heterocycles. The molecule has 0 aromatic heterocycles. The summed E-state index contributed by atoms with van der Waals surface area (Å²) in [5.41, 5.74) is 1.35. The van der Waals surface area contributed by atoms with Gasteiger partial charge in [0.25, 0.3) is 0 Å². The van der Waals surface area contributed by atoms with Crippen LogP contribution in [0.1, 0.15) is 128 Å². The van der Waals surface area contributed by atoms with Crippen molar-refractivity contribution in [1.82, 2.24) is 0 Å². The maximum atomic E-state index is 9.36. The van der Waals surface area contributed by atoms with Gasteiger partial charge in [0.1, 0.15) is 5.75 Å². The molecular weight excluding hydrogens is 316 g/mol. The van der Waals surface area contributed by atoms with E-state index < -0.39 is 0 Å². The van der Waals surface area contributed by atoms with Gasteiger partial charge in [-0.1, -0.05) is 122 Å². The third-order valence-electron chi connectivity index (χ3n) is 5.70. The quantitative estimate of drug-likeness (QED) is 0.275. The predicted molar refractivity (Wildman–Crippen MR) is 116 cm³/mol. The average molecular weight is 361 g/mol. The Morgan fingerprint density at radius 1 is 0.615 bits per heavy atom. The molecule has 0 aliphatic heterocycles. The van der Waals surface area contributed by atoms with E-state index in [0.29, 0.717) is 11.7 Å². The van der Waals surface area contributed by atoms with Crippen LogP contribution in [0.5, 0.6) is 5.75 Å². The van der Waals surface area contributed by atoms with Crippen molar-refractivity contribution in [3.63, 3.8) is 0 Å². The molecule has 150 valence electrons. The second-order valence-corrected chi connectivity index (χ2v) is 8.23. The molecule has 1 atom stereocenters. The molecule has 0 amide bonds. The van der Waals surface area contributed by atoms with Crippen molar-refractivity contribution < 1.29 is 5.11 Å². The van der Waals surface area contributed by atoms with E-state index in [1.165, 1.54) is 108 Å². The fourth-order valence-corrected chi connectivity index (χ4v) is 3.79. The van der Waals surface area contributed by atoms with Gasteiger partial charge >= 0.3 is 0 Å². The third-order valence-corrected chi connectivity index (χ3v) is 5.70. The largest absolute Gasteiger partial charge is 0.508 e. The summed E-state index contributed by atoms with van der Waals surface area (Å²) in [4.78, 5) is 0. The maximum Gasteiger partial charge on any atom is 0.115 e. The first-order valence-electron chi connectivity index (χ1n) is 11.5. The molecular formula is C25H44O. The maximum absolute atomic E-state index is 9.36. The fourth-order valence-electron chi connectivity index (χ4n) is 3.79. The normalized spacial score (nSPS) is 12.4. The molecule has 1 aromatic carbocycles. The second kappa shape index (κ2) is 16.2. The monoisotopic (exact) mass is 360 g/mol. The Balaban J connectivity index is 1.81. The number of rotatable bonds is 17. The van der Waals surface area contributed by atoms with Crippen LogP contribution in [0.4, 0.5) is 0 Å². The van der Waals surface area contributed by atoms with Gasteiger partial charge in [-0.2, -0.15) is 0 Å². The van der Waals surface area contributed by atoms with E-state index in [1.54, 1.807) is 12.1 Å². The Morgan fingerprint density at radius 3 is 1.42 bits per heavy atom. The zero-order chi connectivity index (χ0) is 18.9. The minimum absolute atomic E-state index is 0.368. The average Bonchev–Trinajstić information content (AvgIpc) is 2.65. The number of unbranched alkanes of at least 4 members (excludes halogenated alkanes) is 14. The van der Waals surface area contributed by atoms with Crippen molar-refractivity contribution in [2.24, 2.45) is 0 Å². The van der Waals surface area contributed by atoms with Crippen LogP contribution in [0.15, 0.2) is 24.3 Å². The van der Waals surface area contributed by atoms with E-state index in [2.05, 4.69) is 26.0 Å². The summed E-state index contributed by atoms with van der Waals surface area (Å²) < 4.78 is 0. The van der Waals surface area contributed by atoms with Gasteiger partial charge in [0.05, 0.1) is 0 Å². The number of hydrogen-bond donors (Lipinski definition) is 1. The minimum atomic E-state index is 0.368. The molecule has 0 radical (unpaired) electrons. The van der Waals surface area contributed by atoms with E-state index in [4.69, 9.17) is 0 Å². The zero-order valence-electron chi connectivity index (χ0n) is 17.6. The van der Waals surface area contributed by atoms with Gasteiger partial charge in [-0.25, -0.2) is 0 Å². The van der Waals surface area contributed by atoms with Crippen LogP contribution >= 0.6 is 0 Å². The highest BCUT2D eigenvalue weighted by atomic mass is 16.3. The van der Waals surface area contributed by atoms with Crippen molar-refractivity contribution >= 4 is 0 Å². The Bertz CT molecular complexity index is 409. The molecule has 0 saturated carbocycles. The Labute approximate surface area is 163 Å². The summed E-state index contributed by atoms with van der Waals surface area (Å²) in [6, 6.07) is 7.73. The minimum Gasteiger partial charge on any atom is -0.508 e. The highest BCUT2D eigenvalue weighted by Gasteiger charge is 2.05. The summed E-state index contributed by atoms with van der Waals surface area (Å²) in [6.45, 7) is 4.59. The molecule has 0 aliphatic rings. The lowest BCUT2D eigenvalue weighted by Gasteiger charge is -2.11. The molecule has 0 fully saturated rings. The van der Waals surface area contributed by atoms with E-state index >= 15 is 0 Å². The van der Waals surface area contributed by atoms with Crippen LogP contribution in [-0.4, -0.2) is 5.11 Å². The molecule has 1 nitrogen and oxygen atoms in total. The molecule has 0 aliphatic carbocycles. The van der Waals surface area contributed by atoms with Crippen molar-refractivity contribution in [1.29, 1.82) is 0 Å². The zero-order valence-corrected chi connectivity index (χ0v) is 17.6. The van der Waals surface area contributed by atoms with Crippen molar-refractivity contribution in [2.45, 2.75) is 122 Å². The second-order valence-electron chi connectivity index (χ2n) is 8.23. The number of hydrogen-bond acceptors (Lipinski definition) is 1. The predicted octanol–water partition coefficient (Wildman–Crippen LogP) is 8.76. The summed E-state index contributed by atoms with van der Waals surface area (Å²) in [6.07, 6.45) is 22.7. The fraction of sp³-hybridized carbons (Fsp3) is 0.760. The molecule has 1 unspecified atom stereocenters. The van der Waals surface area contributed by atoms with E-state index in [1.807, 2.05) is 0 Å². The van der Waals surface area contributed by atoms with E-state index in [9.17, 15) is 5.11 Å². The Morgan fingerprint density at radius 2 is 1.00 bits per heavy atom. The first-order valence-corrected chi connectivity index (χ1v) is 11.5. The van der Waals surface area contributed by atoms with Gasteiger partial charge in [0, 0.05) is 0 Å². The lowest BCUT2D eigenvalue weighted by Crippen LogP contribution is -1.93. The van der Waals surface area contributed by atoms with Gasteiger partial charge in [-0.3, -0.25) is 0 Å². The lowest BCUT2D eigenvalue weighted by atomic mass is 9.94. The van der Waals surface area contributed by atoms with Gasteiger partial charge in [-0.05, 0) is 30.0 Å². The summed E-state index contributed by atoms with van der Waals surface area (Å²) in [5.74, 6) is 0.977. The summed E-state index contributed by atoms with van der Waals surface area (Å²) in [5, 5.41) is 9.36. The molecule has 26 heavy (non-hydrogen) atoms. The Hall–Kier alpha value is -0.980. The van der Waals surface area contributed by atoms with Gasteiger partial charge < -0.3 is 5.11 Å². The van der Waals surface area contributed by atoms with Crippen LogP contribution < -0.4 is 0 Å². The molecule has 0 heterocycles. The van der Waals surface area contributed by atoms with Crippen molar-refractivity contribution in [2.75, 3.05) is 0 Å². The van der Waals surface area contributed by atoms with Crippen LogP contribution in [0.2, 0.25) is 0 Å². The SMILES string of the molecule is CCCCCCCCCCCCCCCCCC(C)c1ccc(O)cc1. The van der Waals surface area contributed by atoms with Crippen molar-refractivity contribution in [3.05, 3.63) is 29.8 Å². The highest BCUT2D eigenvalue weighted by molar-refractivity contribution is 5.27. The first-order chi connectivity index (χ1) is 12.7. The number of benzene rings is 1. The molecule has 1 heteroatoms. The van der Waals surface area contributed by atoms with Gasteiger partial charge in [-0.15, -0.1) is 0 Å². The van der Waals surface area contributed by atoms with Gasteiger partial charge in [0.2, 0.25) is 0 Å². The van der Waals surface area contributed by atoms with E-state index in [0.717, 1.165) is 0 Å². The molecule has 0 spiro atoms. The van der Waals surface area contributed by atoms with Crippen LogP contribution in [0, 0.1) is 0 Å². The number of aromatic hydroxyl groups is 1. The number of phenols is 1. The lowest BCUT2D eigenvalue weighted by molar-refractivity contribution is 0.474. The van der Waals surface area contributed by atoms with Crippen LogP contribution in [0.3, 0.4) is 0 Å². The van der Waals surface area contributed by atoms with Crippen LogP contribution in [-0.2, 0) is 0 Å². The number of phenolic OH excluding ortho intramolecular Hbond substituents is 1. The molecule has 1 rings (SSSR count). The standard InChI is InChI=1S/C25H44O/c1-3-4-5-6-7-8-9-10-11-12-13-14-15-16-17-18-23(2)24-19-21-25(26)22-20-24/h19-23,26H,3-18H2,1-2H3. The smallest absolute Gasteiger partial charge is 0.115 e. The summed E-state index contributed by atoms with van der Waals surface area (Å²) >= 11 is 0. The highest BCUT2D eigenvalue weighted by Crippen LogP contribution is 2.24. The van der Waals surface area contributed by atoms with E-state index in [-0.39, 0.29) is 0 Å². The van der Waals surface area contributed by atoms with Gasteiger partial charge in [0.15, 0.2) is 0 Å². The molecule has 1 N–H and O–H groups in total. The summed E-state index contributed by atoms with van der Waals surface area (Å²) in [7, 11) is 0. The van der Waals surface area contributed by atoms with Crippen molar-refractivity contribution in [3.8, 4) is 5.75 Å². The molecule has 1 aromatic rings.